The van der Waals surface area contributed by atoms with Crippen molar-refractivity contribution in [2.45, 2.75) is 64.2 Å². The zero-order valence-corrected chi connectivity index (χ0v) is 14.3. The molecule has 3 N–H and O–H groups in total. The predicted molar refractivity (Wildman–Crippen MR) is 87.0 cm³/mol. The summed E-state index contributed by atoms with van der Waals surface area (Å²) in [5.74, 6) is 0.340. The normalized spacial score (nSPS) is 21.9. The van der Waals surface area contributed by atoms with Gasteiger partial charge in [0, 0.05) is 29.2 Å². The number of nitrogens with one attached hydrogen (secondary N) is 2. The van der Waals surface area contributed by atoms with E-state index in [0.717, 1.165) is 22.9 Å². The van der Waals surface area contributed by atoms with Crippen LogP contribution in [0.5, 0.6) is 5.75 Å². The number of hydrogen-bond donors (Lipinski definition) is 3. The number of para-hydroxylation sites is 1. The van der Waals surface area contributed by atoms with Crippen LogP contribution in [0.25, 0.3) is 0 Å². The zero-order valence-electron chi connectivity index (χ0n) is 12.8. The average Bonchev–Trinajstić information content (AvgIpc) is 2.27. The van der Waals surface area contributed by atoms with E-state index >= 15 is 0 Å². The molecule has 20 heavy (non-hydrogen) atoms. The number of hydrogen-bond acceptors (Lipinski definition) is 3. The Morgan fingerprint density at radius 1 is 1.25 bits per heavy atom. The Hall–Kier alpha value is -0.580. The molecule has 1 aromatic carbocycles. The second-order valence-corrected chi connectivity index (χ2v) is 7.98. The first-order chi connectivity index (χ1) is 9.19. The van der Waals surface area contributed by atoms with Gasteiger partial charge in [-0.25, -0.2) is 0 Å². The lowest BCUT2D eigenvalue weighted by atomic mass is 9.79. The van der Waals surface area contributed by atoms with Gasteiger partial charge in [-0.05, 0) is 62.5 Å². The van der Waals surface area contributed by atoms with Crippen LogP contribution in [0.1, 0.15) is 46.1 Å². The Kier molecular flexibility index (Phi) is 4.47. The van der Waals surface area contributed by atoms with Gasteiger partial charge in [0.25, 0.3) is 0 Å². The van der Waals surface area contributed by atoms with Crippen LogP contribution in [0.15, 0.2) is 22.7 Å². The molecule has 0 aromatic heterocycles. The maximum Gasteiger partial charge on any atom is 0.134 e. The summed E-state index contributed by atoms with van der Waals surface area (Å²) in [6.45, 7) is 9.69. The quantitative estimate of drug-likeness (QED) is 0.788. The van der Waals surface area contributed by atoms with Crippen molar-refractivity contribution < 1.29 is 5.11 Å². The Morgan fingerprint density at radius 2 is 1.85 bits per heavy atom. The molecule has 0 unspecified atom stereocenters. The molecule has 0 aliphatic carbocycles. The van der Waals surface area contributed by atoms with E-state index in [9.17, 15) is 5.11 Å². The lowest BCUT2D eigenvalue weighted by Gasteiger charge is -2.46. The molecule has 4 heteroatoms. The number of phenolic OH excluding ortho intramolecular Hbond substituents is 1. The Morgan fingerprint density at radius 3 is 2.45 bits per heavy atom. The first kappa shape index (κ1) is 15.8. The summed E-state index contributed by atoms with van der Waals surface area (Å²) < 4.78 is 0.753. The van der Waals surface area contributed by atoms with Crippen LogP contribution in [-0.2, 0) is 6.54 Å². The predicted octanol–water partition coefficient (Wildman–Crippen LogP) is 3.55. The highest BCUT2D eigenvalue weighted by molar-refractivity contribution is 9.10. The molecule has 0 atom stereocenters. The van der Waals surface area contributed by atoms with Gasteiger partial charge in [-0.2, -0.15) is 0 Å². The van der Waals surface area contributed by atoms with Crippen LogP contribution >= 0.6 is 15.9 Å². The van der Waals surface area contributed by atoms with E-state index in [4.69, 9.17) is 0 Å². The van der Waals surface area contributed by atoms with Gasteiger partial charge >= 0.3 is 0 Å². The third kappa shape index (κ3) is 3.96. The molecule has 0 amide bonds. The minimum absolute atomic E-state index is 0.138. The van der Waals surface area contributed by atoms with Crippen molar-refractivity contribution in [3.8, 4) is 5.75 Å². The molecule has 1 fully saturated rings. The molecular formula is C16H25BrN2O. The first-order valence-corrected chi connectivity index (χ1v) is 7.97. The minimum Gasteiger partial charge on any atom is -0.506 e. The fourth-order valence-electron chi connectivity index (χ4n) is 3.42. The second kappa shape index (κ2) is 5.66. The number of halogens is 1. The number of rotatable bonds is 3. The van der Waals surface area contributed by atoms with Crippen molar-refractivity contribution in [2.75, 3.05) is 0 Å². The molecule has 1 heterocycles. The van der Waals surface area contributed by atoms with E-state index in [1.807, 2.05) is 18.2 Å². The number of phenols is 1. The summed E-state index contributed by atoms with van der Waals surface area (Å²) in [5.41, 5.74) is 1.21. The van der Waals surface area contributed by atoms with Crippen LogP contribution in [-0.4, -0.2) is 22.2 Å². The molecular weight excluding hydrogens is 316 g/mol. The Bertz CT molecular complexity index is 469. The molecule has 1 aliphatic heterocycles. The lowest BCUT2D eigenvalue weighted by molar-refractivity contribution is 0.145. The molecule has 3 nitrogen and oxygen atoms in total. The third-order valence-electron chi connectivity index (χ3n) is 3.84. The van der Waals surface area contributed by atoms with Gasteiger partial charge in [-0.15, -0.1) is 0 Å². The fraction of sp³-hybridized carbons (Fsp3) is 0.625. The van der Waals surface area contributed by atoms with E-state index in [1.165, 1.54) is 0 Å². The summed E-state index contributed by atoms with van der Waals surface area (Å²) in [5, 5.41) is 17.3. The van der Waals surface area contributed by atoms with E-state index in [2.05, 4.69) is 54.3 Å². The van der Waals surface area contributed by atoms with Crippen LogP contribution in [0, 0.1) is 0 Å². The molecule has 1 aliphatic rings. The van der Waals surface area contributed by atoms with Crippen molar-refractivity contribution in [1.82, 2.24) is 10.6 Å². The largest absolute Gasteiger partial charge is 0.506 e. The van der Waals surface area contributed by atoms with Crippen molar-refractivity contribution in [3.05, 3.63) is 28.2 Å². The highest BCUT2D eigenvalue weighted by atomic mass is 79.9. The summed E-state index contributed by atoms with van der Waals surface area (Å²) in [6, 6.07) is 6.23. The van der Waals surface area contributed by atoms with E-state index in [0.29, 0.717) is 18.3 Å². The number of aromatic hydroxyl groups is 1. The van der Waals surface area contributed by atoms with Gasteiger partial charge in [0.15, 0.2) is 0 Å². The van der Waals surface area contributed by atoms with Gasteiger partial charge in [-0.3, -0.25) is 0 Å². The molecule has 0 radical (unpaired) electrons. The SMILES string of the molecule is CC1(C)CC(NCc2cccc(Br)c2O)CC(C)(C)N1. The first-order valence-electron chi connectivity index (χ1n) is 7.18. The Labute approximate surface area is 130 Å². The number of piperidine rings is 1. The van der Waals surface area contributed by atoms with Crippen molar-refractivity contribution in [3.63, 3.8) is 0 Å². The maximum atomic E-state index is 10.0. The molecule has 2 rings (SSSR count). The topological polar surface area (TPSA) is 44.3 Å². The third-order valence-corrected chi connectivity index (χ3v) is 4.48. The highest BCUT2D eigenvalue weighted by Crippen LogP contribution is 2.30. The average molecular weight is 341 g/mol. The van der Waals surface area contributed by atoms with E-state index in [-0.39, 0.29) is 11.1 Å². The second-order valence-electron chi connectivity index (χ2n) is 7.13. The van der Waals surface area contributed by atoms with E-state index in [1.54, 1.807) is 0 Å². The molecule has 0 saturated carbocycles. The van der Waals surface area contributed by atoms with Crippen molar-refractivity contribution in [1.29, 1.82) is 0 Å². The zero-order chi connectivity index (χ0) is 15.0. The van der Waals surface area contributed by atoms with Gasteiger partial charge in [0.2, 0.25) is 0 Å². The van der Waals surface area contributed by atoms with E-state index < -0.39 is 0 Å². The standard InChI is InChI=1S/C16H25BrN2O/c1-15(2)8-12(9-16(3,4)19-15)18-10-11-6-5-7-13(17)14(11)20/h5-7,12,18-20H,8-10H2,1-4H3. The maximum absolute atomic E-state index is 10.0. The Balaban J connectivity index is 2.02. The van der Waals surface area contributed by atoms with Gasteiger partial charge in [0.1, 0.15) is 5.75 Å². The van der Waals surface area contributed by atoms with Crippen LogP contribution in [0.3, 0.4) is 0 Å². The smallest absolute Gasteiger partial charge is 0.134 e. The molecule has 1 aromatic rings. The highest BCUT2D eigenvalue weighted by Gasteiger charge is 2.37. The number of benzene rings is 1. The van der Waals surface area contributed by atoms with Gasteiger partial charge < -0.3 is 15.7 Å². The summed E-state index contributed by atoms with van der Waals surface area (Å²) in [7, 11) is 0. The summed E-state index contributed by atoms with van der Waals surface area (Å²) in [4.78, 5) is 0. The molecule has 0 spiro atoms. The van der Waals surface area contributed by atoms with Crippen LogP contribution in [0.4, 0.5) is 0 Å². The molecule has 0 bridgehead atoms. The molecule has 112 valence electrons. The summed E-state index contributed by atoms with van der Waals surface area (Å²) >= 11 is 3.36. The van der Waals surface area contributed by atoms with Gasteiger partial charge in [0.05, 0.1) is 4.47 Å². The van der Waals surface area contributed by atoms with Crippen molar-refractivity contribution >= 4 is 15.9 Å². The minimum atomic E-state index is 0.138. The van der Waals surface area contributed by atoms with Crippen molar-refractivity contribution in [2.24, 2.45) is 0 Å². The summed E-state index contributed by atoms with van der Waals surface area (Å²) in [6.07, 6.45) is 2.18. The van der Waals surface area contributed by atoms with Crippen LogP contribution < -0.4 is 10.6 Å². The van der Waals surface area contributed by atoms with Crippen LogP contribution in [0.2, 0.25) is 0 Å². The monoisotopic (exact) mass is 340 g/mol. The fourth-order valence-corrected chi connectivity index (χ4v) is 3.83. The lowest BCUT2D eigenvalue weighted by Crippen LogP contribution is -2.61. The van der Waals surface area contributed by atoms with Gasteiger partial charge in [-0.1, -0.05) is 12.1 Å². The molecule has 1 saturated heterocycles.